The summed E-state index contributed by atoms with van der Waals surface area (Å²) in [7, 11) is 0. The Bertz CT molecular complexity index is 979. The zero-order valence-electron chi connectivity index (χ0n) is 25.4. The molecular formula is C22H32ClNO3. The van der Waals surface area contributed by atoms with Gasteiger partial charge in [0.15, 0.2) is 12.2 Å². The van der Waals surface area contributed by atoms with Gasteiger partial charge in [0, 0.05) is 19.6 Å². The second-order valence-electron chi connectivity index (χ2n) is 5.62. The molecule has 0 aromatic heterocycles. The van der Waals surface area contributed by atoms with Crippen molar-refractivity contribution in [3.63, 3.8) is 0 Å². The maximum Gasteiger partial charge on any atom is 0.344 e. The third-order valence-corrected chi connectivity index (χ3v) is 4.10. The predicted molar refractivity (Wildman–Crippen MR) is 111 cm³/mol. The van der Waals surface area contributed by atoms with Crippen LogP contribution in [0.15, 0.2) is 30.3 Å². The predicted octanol–water partition coefficient (Wildman–Crippen LogP) is 3.76. The van der Waals surface area contributed by atoms with E-state index in [0.717, 1.165) is 13.1 Å². The molecule has 1 atom stereocenters. The van der Waals surface area contributed by atoms with Crippen LogP contribution in [0.25, 0.3) is 0 Å². The molecule has 4 nitrogen and oxygen atoms in total. The number of ether oxygens (including phenoxy) is 1. The molecule has 0 aliphatic heterocycles. The summed E-state index contributed by atoms with van der Waals surface area (Å²) >= 11 is 0. The lowest BCUT2D eigenvalue weighted by Gasteiger charge is -2.36. The Labute approximate surface area is 183 Å². The monoisotopic (exact) mass is 403 g/mol. The van der Waals surface area contributed by atoms with Gasteiger partial charge in [-0.05, 0) is 31.4 Å². The van der Waals surface area contributed by atoms with Crippen molar-refractivity contribution in [2.24, 2.45) is 5.92 Å². The Hall–Kier alpha value is -1.54. The Balaban J connectivity index is 0.00000684. The highest BCUT2D eigenvalue weighted by Gasteiger charge is 2.46. The summed E-state index contributed by atoms with van der Waals surface area (Å²) in [6.45, 7) is 5.18. The van der Waals surface area contributed by atoms with E-state index in [-0.39, 0.29) is 18.0 Å². The summed E-state index contributed by atoms with van der Waals surface area (Å²) in [6.07, 6.45) is -18.1. The van der Waals surface area contributed by atoms with Crippen LogP contribution in [-0.4, -0.2) is 42.2 Å². The Morgan fingerprint density at radius 1 is 1.22 bits per heavy atom. The van der Waals surface area contributed by atoms with Gasteiger partial charge in [-0.1, -0.05) is 75.1 Å². The molecule has 1 saturated carbocycles. The van der Waals surface area contributed by atoms with E-state index < -0.39 is 56.0 Å². The number of hydrogen-bond donors (Lipinski definition) is 1. The molecule has 5 heteroatoms. The molecule has 1 aliphatic rings. The summed E-state index contributed by atoms with van der Waals surface area (Å²) < 4.78 is 87.5. The van der Waals surface area contributed by atoms with Gasteiger partial charge in [-0.2, -0.15) is 0 Å². The van der Waals surface area contributed by atoms with E-state index >= 15 is 0 Å². The Kier molecular flexibility index (Phi) is 5.39. The molecule has 1 unspecified atom stereocenters. The molecule has 0 heterocycles. The number of hydrogen-bond acceptors (Lipinski definition) is 4. The number of halogens is 1. The topological polar surface area (TPSA) is 49.8 Å². The lowest BCUT2D eigenvalue weighted by Crippen LogP contribution is -2.45. The lowest BCUT2D eigenvalue weighted by molar-refractivity contribution is -0.174. The van der Waals surface area contributed by atoms with Crippen molar-refractivity contribution in [2.75, 3.05) is 26.2 Å². The molecule has 0 bridgehead atoms. The number of carbonyl (C=O) groups excluding carboxylic acids is 1. The quantitative estimate of drug-likeness (QED) is 0.556. The fraction of sp³-hybridized carbons (Fsp3) is 0.591. The fourth-order valence-electron chi connectivity index (χ4n) is 2.46. The molecule has 2 rings (SSSR count). The third kappa shape index (κ3) is 6.24. The highest BCUT2D eigenvalue weighted by molar-refractivity contribution is 5.85. The molecule has 27 heavy (non-hydrogen) atoms. The van der Waals surface area contributed by atoms with Crippen molar-refractivity contribution in [1.82, 2.24) is 4.90 Å². The van der Waals surface area contributed by atoms with Crippen LogP contribution in [0.3, 0.4) is 0 Å². The maximum absolute atomic E-state index is 13.3. The minimum Gasteiger partial charge on any atom is -0.450 e. The van der Waals surface area contributed by atoms with Gasteiger partial charge in [0.25, 0.3) is 0 Å². The van der Waals surface area contributed by atoms with Gasteiger partial charge in [0.1, 0.15) is 0 Å². The summed E-state index contributed by atoms with van der Waals surface area (Å²) in [5, 5.41) is 11.7. The summed E-state index contributed by atoms with van der Waals surface area (Å²) in [5.74, 6) is 1.07. The molecular weight excluding hydrogens is 362 g/mol. The third-order valence-electron chi connectivity index (χ3n) is 4.10. The van der Waals surface area contributed by atoms with Crippen LogP contribution < -0.4 is 0 Å². The number of benzene rings is 1. The fourth-order valence-corrected chi connectivity index (χ4v) is 2.46. The van der Waals surface area contributed by atoms with E-state index in [1.165, 1.54) is 30.3 Å². The highest BCUT2D eigenvalue weighted by Crippen LogP contribution is 2.40. The van der Waals surface area contributed by atoms with Crippen molar-refractivity contribution in [1.29, 1.82) is 0 Å². The first-order valence-corrected chi connectivity index (χ1v) is 8.52. The first-order valence-electron chi connectivity index (χ1n) is 13.5. The van der Waals surface area contributed by atoms with Gasteiger partial charge in [0.2, 0.25) is 0 Å². The van der Waals surface area contributed by atoms with Crippen LogP contribution in [0.5, 0.6) is 0 Å². The van der Waals surface area contributed by atoms with Gasteiger partial charge < -0.3 is 9.84 Å². The Morgan fingerprint density at radius 2 is 1.85 bits per heavy atom. The SMILES string of the molecule is Cl.[2H]C1([2H])C(C(O)(C(=O)OCC#CCN(CC)CC)c2ccccc2)C([2H])([2H])C([2H])([2H])C([2H])([2H])C1([2H])[2H]. The summed E-state index contributed by atoms with van der Waals surface area (Å²) in [5.41, 5.74) is -3.59. The minimum atomic E-state index is -3.67. The maximum atomic E-state index is 13.3. The lowest BCUT2D eigenvalue weighted by atomic mass is 9.73. The van der Waals surface area contributed by atoms with Gasteiger partial charge in [-0.3, -0.25) is 4.90 Å². The molecule has 1 aromatic carbocycles. The number of aliphatic hydroxyl groups is 1. The zero-order chi connectivity index (χ0) is 27.8. The van der Waals surface area contributed by atoms with E-state index in [2.05, 4.69) is 11.8 Å². The molecule has 1 aliphatic carbocycles. The van der Waals surface area contributed by atoms with E-state index in [1.807, 2.05) is 18.7 Å². The van der Waals surface area contributed by atoms with Crippen molar-refractivity contribution < 1.29 is 28.3 Å². The number of nitrogens with zero attached hydrogens (tertiary/aromatic N) is 1. The summed E-state index contributed by atoms with van der Waals surface area (Å²) in [4.78, 5) is 15.3. The van der Waals surface area contributed by atoms with Crippen molar-refractivity contribution in [2.45, 2.75) is 51.3 Å². The first kappa shape index (κ1) is 12.1. The summed E-state index contributed by atoms with van der Waals surface area (Å²) in [6, 6.07) is 6.60. The molecule has 1 N–H and O–H groups in total. The van der Waals surface area contributed by atoms with Crippen molar-refractivity contribution >= 4 is 18.4 Å². The molecule has 0 radical (unpaired) electrons. The molecule has 150 valence electrons. The van der Waals surface area contributed by atoms with Gasteiger partial charge in [0.05, 0.1) is 6.54 Å². The van der Waals surface area contributed by atoms with Gasteiger partial charge in [-0.15, -0.1) is 12.4 Å². The average molecular weight is 404 g/mol. The van der Waals surface area contributed by atoms with Gasteiger partial charge in [-0.25, -0.2) is 4.79 Å². The number of carbonyl (C=O) groups is 1. The van der Waals surface area contributed by atoms with E-state index in [4.69, 9.17) is 18.4 Å². The highest BCUT2D eigenvalue weighted by atomic mass is 35.5. The van der Waals surface area contributed by atoms with Crippen LogP contribution in [0.1, 0.15) is 65.0 Å². The van der Waals surface area contributed by atoms with Crippen LogP contribution in [0.4, 0.5) is 0 Å². The van der Waals surface area contributed by atoms with Gasteiger partial charge >= 0.3 is 5.97 Å². The minimum absolute atomic E-state index is 0. The number of esters is 1. The van der Waals surface area contributed by atoms with Crippen LogP contribution >= 0.6 is 12.4 Å². The molecule has 1 aromatic rings. The van der Waals surface area contributed by atoms with E-state index in [1.54, 1.807) is 0 Å². The largest absolute Gasteiger partial charge is 0.450 e. The average Bonchev–Trinajstić information content (AvgIpc) is 2.80. The molecule has 0 spiro atoms. The zero-order valence-corrected chi connectivity index (χ0v) is 16.2. The van der Waals surface area contributed by atoms with Crippen molar-refractivity contribution in [3.8, 4) is 11.8 Å². The molecule has 0 amide bonds. The molecule has 1 fully saturated rings. The standard InChI is InChI=1S/C22H31NO3.ClH/c1-3-23(4-2)17-11-12-18-26-21(24)22(25,19-13-7-5-8-14-19)20-15-9-6-10-16-20;/h5,7-8,13-14,20,25H,3-4,6,9-10,15-18H2,1-2H3;1H/i6D2,9D2,10D2,15D2,16D2;. The Morgan fingerprint density at radius 3 is 2.44 bits per heavy atom. The molecule has 0 saturated heterocycles. The van der Waals surface area contributed by atoms with Crippen molar-refractivity contribution in [3.05, 3.63) is 35.9 Å². The number of rotatable bonds is 7. The normalized spacial score (nSPS) is 31.4. The van der Waals surface area contributed by atoms with Crippen LogP contribution in [0, 0.1) is 17.8 Å². The van der Waals surface area contributed by atoms with E-state index in [0.29, 0.717) is 6.54 Å². The van der Waals surface area contributed by atoms with Crippen LogP contribution in [0.2, 0.25) is 0 Å². The second-order valence-corrected chi connectivity index (χ2v) is 5.62. The first-order chi connectivity index (χ1) is 16.4. The smallest absolute Gasteiger partial charge is 0.344 e. The second kappa shape index (κ2) is 12.0. The van der Waals surface area contributed by atoms with Crippen LogP contribution in [-0.2, 0) is 15.1 Å². The van der Waals surface area contributed by atoms with E-state index in [9.17, 15) is 9.90 Å².